The number of amides is 1. The van der Waals surface area contributed by atoms with Gasteiger partial charge in [-0.25, -0.2) is 0 Å². The molecule has 1 fully saturated rings. The fourth-order valence-corrected chi connectivity index (χ4v) is 2.22. The Labute approximate surface area is 114 Å². The smallest absolute Gasteiger partial charge is 0.223 e. The molecule has 1 heterocycles. The lowest BCUT2D eigenvalue weighted by Crippen LogP contribution is -2.37. The van der Waals surface area contributed by atoms with Gasteiger partial charge in [0.15, 0.2) is 0 Å². The van der Waals surface area contributed by atoms with Crippen molar-refractivity contribution in [3.8, 4) is 5.75 Å². The predicted molar refractivity (Wildman–Crippen MR) is 75.3 cm³/mol. The summed E-state index contributed by atoms with van der Waals surface area (Å²) in [6.07, 6.45) is 2.76. The lowest BCUT2D eigenvalue weighted by molar-refractivity contribution is -0.121. The van der Waals surface area contributed by atoms with Gasteiger partial charge in [0.25, 0.3) is 0 Å². The van der Waals surface area contributed by atoms with E-state index < -0.39 is 0 Å². The topological polar surface area (TPSA) is 50.4 Å². The van der Waals surface area contributed by atoms with E-state index in [0.29, 0.717) is 19.1 Å². The molecule has 1 amide bonds. The largest absolute Gasteiger partial charge is 0.493 e. The molecule has 2 rings (SSSR count). The van der Waals surface area contributed by atoms with Crippen molar-refractivity contribution in [2.45, 2.75) is 32.2 Å². The molecule has 0 bridgehead atoms. The van der Waals surface area contributed by atoms with Gasteiger partial charge in [0.2, 0.25) is 5.91 Å². The van der Waals surface area contributed by atoms with E-state index in [1.165, 1.54) is 6.42 Å². The second-order valence-corrected chi connectivity index (χ2v) is 5.01. The number of hydrogen-bond donors (Lipinski definition) is 2. The molecular weight excluding hydrogens is 240 g/mol. The zero-order valence-corrected chi connectivity index (χ0v) is 11.4. The van der Waals surface area contributed by atoms with Crippen LogP contribution in [0.1, 0.15) is 24.8 Å². The van der Waals surface area contributed by atoms with Crippen LogP contribution < -0.4 is 15.4 Å². The van der Waals surface area contributed by atoms with Crippen LogP contribution in [0.25, 0.3) is 0 Å². The number of hydrogen-bond acceptors (Lipinski definition) is 3. The normalized spacial score (nSPS) is 18.3. The summed E-state index contributed by atoms with van der Waals surface area (Å²) in [4.78, 5) is 11.6. The minimum Gasteiger partial charge on any atom is -0.493 e. The van der Waals surface area contributed by atoms with Gasteiger partial charge in [0.05, 0.1) is 13.0 Å². The van der Waals surface area contributed by atoms with Crippen LogP contribution in [0.15, 0.2) is 24.3 Å². The van der Waals surface area contributed by atoms with Crippen molar-refractivity contribution >= 4 is 5.91 Å². The number of benzene rings is 1. The van der Waals surface area contributed by atoms with Gasteiger partial charge in [-0.05, 0) is 44.0 Å². The van der Waals surface area contributed by atoms with Gasteiger partial charge in [-0.15, -0.1) is 0 Å². The maximum Gasteiger partial charge on any atom is 0.223 e. The third kappa shape index (κ3) is 4.91. The monoisotopic (exact) mass is 262 g/mol. The van der Waals surface area contributed by atoms with E-state index >= 15 is 0 Å². The highest BCUT2D eigenvalue weighted by molar-refractivity contribution is 5.76. The molecule has 19 heavy (non-hydrogen) atoms. The second kappa shape index (κ2) is 7.14. The molecule has 1 saturated heterocycles. The molecule has 1 aromatic rings. The molecule has 4 heteroatoms. The van der Waals surface area contributed by atoms with E-state index in [1.54, 1.807) is 0 Å². The molecule has 0 radical (unpaired) electrons. The van der Waals surface area contributed by atoms with Crippen LogP contribution >= 0.6 is 0 Å². The first-order chi connectivity index (χ1) is 9.24. The van der Waals surface area contributed by atoms with E-state index in [4.69, 9.17) is 4.74 Å². The molecule has 4 nitrogen and oxygen atoms in total. The van der Waals surface area contributed by atoms with Gasteiger partial charge in [-0.2, -0.15) is 0 Å². The molecule has 1 aliphatic heterocycles. The van der Waals surface area contributed by atoms with Crippen LogP contribution in [0, 0.1) is 6.92 Å². The lowest BCUT2D eigenvalue weighted by Gasteiger charge is -2.11. The standard InChI is InChI=1S/C15H22N2O2/c1-12-4-2-6-14(10-12)19-9-7-15(18)17-11-13-5-3-8-16-13/h2,4,6,10,13,16H,3,5,7-9,11H2,1H3,(H,17,18). The van der Waals surface area contributed by atoms with Crippen molar-refractivity contribution in [3.63, 3.8) is 0 Å². The molecule has 0 saturated carbocycles. The fourth-order valence-electron chi connectivity index (χ4n) is 2.22. The highest BCUT2D eigenvalue weighted by atomic mass is 16.5. The Bertz CT molecular complexity index is 414. The van der Waals surface area contributed by atoms with Crippen molar-refractivity contribution < 1.29 is 9.53 Å². The average molecular weight is 262 g/mol. The molecule has 0 spiro atoms. The highest BCUT2D eigenvalue weighted by Crippen LogP contribution is 2.12. The zero-order valence-electron chi connectivity index (χ0n) is 11.4. The maximum absolute atomic E-state index is 11.6. The van der Waals surface area contributed by atoms with Crippen molar-refractivity contribution in [2.75, 3.05) is 19.7 Å². The Morgan fingerprint density at radius 1 is 1.53 bits per heavy atom. The van der Waals surface area contributed by atoms with Crippen LogP contribution in [-0.4, -0.2) is 31.6 Å². The Morgan fingerprint density at radius 2 is 2.42 bits per heavy atom. The maximum atomic E-state index is 11.6. The quantitative estimate of drug-likeness (QED) is 0.819. The van der Waals surface area contributed by atoms with Gasteiger partial charge in [0.1, 0.15) is 5.75 Å². The fraction of sp³-hybridized carbons (Fsp3) is 0.533. The van der Waals surface area contributed by atoms with Gasteiger partial charge >= 0.3 is 0 Å². The Hall–Kier alpha value is -1.55. The summed E-state index contributed by atoms with van der Waals surface area (Å²) in [5, 5.41) is 6.29. The van der Waals surface area contributed by atoms with Gasteiger partial charge in [0, 0.05) is 12.6 Å². The first-order valence-electron chi connectivity index (χ1n) is 6.93. The molecule has 1 unspecified atom stereocenters. The highest BCUT2D eigenvalue weighted by Gasteiger charge is 2.14. The number of nitrogens with one attached hydrogen (secondary N) is 2. The summed E-state index contributed by atoms with van der Waals surface area (Å²) in [6, 6.07) is 8.31. The van der Waals surface area contributed by atoms with Crippen molar-refractivity contribution in [2.24, 2.45) is 0 Å². The van der Waals surface area contributed by atoms with E-state index in [-0.39, 0.29) is 5.91 Å². The van der Waals surface area contributed by atoms with Crippen LogP contribution in [0.4, 0.5) is 0 Å². The minimum absolute atomic E-state index is 0.0568. The van der Waals surface area contributed by atoms with Gasteiger partial charge in [-0.1, -0.05) is 12.1 Å². The van der Waals surface area contributed by atoms with E-state index in [9.17, 15) is 4.79 Å². The first-order valence-corrected chi connectivity index (χ1v) is 6.93. The van der Waals surface area contributed by atoms with Crippen LogP contribution in [0.5, 0.6) is 5.75 Å². The predicted octanol–water partition coefficient (Wildman–Crippen LogP) is 1.63. The average Bonchev–Trinajstić information content (AvgIpc) is 2.89. The Balaban J connectivity index is 1.60. The minimum atomic E-state index is 0.0568. The summed E-state index contributed by atoms with van der Waals surface area (Å²) < 4.78 is 5.55. The van der Waals surface area contributed by atoms with Crippen molar-refractivity contribution in [3.05, 3.63) is 29.8 Å². The van der Waals surface area contributed by atoms with E-state index in [1.807, 2.05) is 31.2 Å². The molecule has 1 aliphatic rings. The van der Waals surface area contributed by atoms with Gasteiger partial charge in [-0.3, -0.25) is 4.79 Å². The lowest BCUT2D eigenvalue weighted by atomic mass is 10.2. The summed E-state index contributed by atoms with van der Waals surface area (Å²) in [7, 11) is 0. The second-order valence-electron chi connectivity index (χ2n) is 5.01. The SMILES string of the molecule is Cc1cccc(OCCC(=O)NCC2CCCN2)c1. The van der Waals surface area contributed by atoms with E-state index in [2.05, 4.69) is 10.6 Å². The third-order valence-corrected chi connectivity index (χ3v) is 3.30. The molecule has 1 atom stereocenters. The number of ether oxygens (including phenoxy) is 1. The molecule has 1 aromatic carbocycles. The molecule has 2 N–H and O–H groups in total. The molecular formula is C15H22N2O2. The van der Waals surface area contributed by atoms with Crippen LogP contribution in [0.3, 0.4) is 0 Å². The van der Waals surface area contributed by atoms with Crippen LogP contribution in [-0.2, 0) is 4.79 Å². The summed E-state index contributed by atoms with van der Waals surface area (Å²) >= 11 is 0. The summed E-state index contributed by atoms with van der Waals surface area (Å²) in [5.41, 5.74) is 1.16. The summed E-state index contributed by atoms with van der Waals surface area (Å²) in [6.45, 7) is 4.24. The Morgan fingerprint density at radius 3 is 3.16 bits per heavy atom. The van der Waals surface area contributed by atoms with Gasteiger partial charge < -0.3 is 15.4 Å². The number of rotatable bonds is 6. The van der Waals surface area contributed by atoms with Crippen molar-refractivity contribution in [1.82, 2.24) is 10.6 Å². The third-order valence-electron chi connectivity index (χ3n) is 3.30. The summed E-state index contributed by atoms with van der Waals surface area (Å²) in [5.74, 6) is 0.881. The number of carbonyl (C=O) groups excluding carboxylic acids is 1. The number of carbonyl (C=O) groups is 1. The van der Waals surface area contributed by atoms with E-state index in [0.717, 1.165) is 30.8 Å². The molecule has 104 valence electrons. The molecule has 0 aromatic heterocycles. The van der Waals surface area contributed by atoms with Crippen LogP contribution in [0.2, 0.25) is 0 Å². The zero-order chi connectivity index (χ0) is 13.5. The molecule has 0 aliphatic carbocycles. The number of aryl methyl sites for hydroxylation is 1. The first kappa shape index (κ1) is 13.9. The Kier molecular flexibility index (Phi) is 5.21. The van der Waals surface area contributed by atoms with Crippen molar-refractivity contribution in [1.29, 1.82) is 0 Å².